The number of hydrogen-bond acceptors (Lipinski definition) is 3. The summed E-state index contributed by atoms with van der Waals surface area (Å²) in [5.74, 6) is 0.518. The molecule has 0 bridgehead atoms. The molecule has 2 aromatic rings. The maximum absolute atomic E-state index is 11.9. The fourth-order valence-electron chi connectivity index (χ4n) is 2.90. The largest absolute Gasteiger partial charge is 0.484 e. The molecule has 1 aliphatic rings. The smallest absolute Gasteiger partial charge is 0.257 e. The molecule has 0 unspecified atom stereocenters. The molecule has 1 saturated heterocycles. The Morgan fingerprint density at radius 2 is 1.93 bits per heavy atom. The molecule has 142 valence electrons. The van der Waals surface area contributed by atoms with Gasteiger partial charge in [0.1, 0.15) is 5.75 Å². The van der Waals surface area contributed by atoms with Crippen molar-refractivity contribution in [2.75, 3.05) is 24.6 Å². The van der Waals surface area contributed by atoms with Crippen molar-refractivity contribution in [1.29, 1.82) is 0 Å². The van der Waals surface area contributed by atoms with Crippen molar-refractivity contribution >= 4 is 40.7 Å². The highest BCUT2D eigenvalue weighted by Crippen LogP contribution is 2.24. The molecule has 2 amide bonds. The molecule has 5 nitrogen and oxygen atoms in total. The number of anilines is 1. The third-order valence-corrected chi connectivity index (χ3v) is 4.91. The highest BCUT2D eigenvalue weighted by Gasteiger charge is 2.21. The SMILES string of the molecule is O=C(COc1ccc(N2CCCC2=O)cc1)NCCc1ccc(Cl)cc1Cl. The third kappa shape index (κ3) is 5.37. The van der Waals surface area contributed by atoms with Crippen molar-refractivity contribution in [1.82, 2.24) is 5.32 Å². The molecule has 0 atom stereocenters. The summed E-state index contributed by atoms with van der Waals surface area (Å²) in [6.07, 6.45) is 2.10. The first-order chi connectivity index (χ1) is 13.0. The van der Waals surface area contributed by atoms with Crippen LogP contribution >= 0.6 is 23.2 Å². The Hall–Kier alpha value is -2.24. The Labute approximate surface area is 168 Å². The minimum absolute atomic E-state index is 0.0731. The van der Waals surface area contributed by atoms with Gasteiger partial charge in [0.25, 0.3) is 5.91 Å². The van der Waals surface area contributed by atoms with Gasteiger partial charge in [-0.3, -0.25) is 9.59 Å². The summed E-state index contributed by atoms with van der Waals surface area (Å²) in [5.41, 5.74) is 1.78. The van der Waals surface area contributed by atoms with E-state index in [0.29, 0.717) is 35.2 Å². The van der Waals surface area contributed by atoms with Gasteiger partial charge in [-0.25, -0.2) is 0 Å². The number of rotatable bonds is 7. The standard InChI is InChI=1S/C20H20Cl2N2O3/c21-15-4-3-14(18(22)12-15)9-10-23-19(25)13-27-17-7-5-16(6-8-17)24-11-1-2-20(24)26/h3-8,12H,1-2,9-11,13H2,(H,23,25). The lowest BCUT2D eigenvalue weighted by molar-refractivity contribution is -0.123. The first-order valence-corrected chi connectivity index (χ1v) is 9.52. The molecular weight excluding hydrogens is 387 g/mol. The third-order valence-electron chi connectivity index (χ3n) is 4.32. The molecule has 0 radical (unpaired) electrons. The molecule has 0 aromatic heterocycles. The lowest BCUT2D eigenvalue weighted by Gasteiger charge is -2.16. The first-order valence-electron chi connectivity index (χ1n) is 8.77. The summed E-state index contributed by atoms with van der Waals surface area (Å²) in [5, 5.41) is 3.97. The molecule has 0 saturated carbocycles. The second-order valence-electron chi connectivity index (χ2n) is 6.27. The molecule has 1 N–H and O–H groups in total. The Kier molecular flexibility index (Phi) is 6.58. The maximum atomic E-state index is 11.9. The van der Waals surface area contributed by atoms with E-state index in [2.05, 4.69) is 5.32 Å². The van der Waals surface area contributed by atoms with Crippen molar-refractivity contribution in [2.24, 2.45) is 0 Å². The highest BCUT2D eigenvalue weighted by molar-refractivity contribution is 6.35. The molecular formula is C20H20Cl2N2O3. The van der Waals surface area contributed by atoms with Crippen LogP contribution in [0.5, 0.6) is 5.75 Å². The van der Waals surface area contributed by atoms with Crippen LogP contribution in [0.3, 0.4) is 0 Å². The van der Waals surface area contributed by atoms with E-state index in [4.69, 9.17) is 27.9 Å². The van der Waals surface area contributed by atoms with Crippen LogP contribution in [0.25, 0.3) is 0 Å². The van der Waals surface area contributed by atoms with Crippen LogP contribution in [-0.4, -0.2) is 31.5 Å². The van der Waals surface area contributed by atoms with Crippen LogP contribution < -0.4 is 15.0 Å². The zero-order valence-corrected chi connectivity index (χ0v) is 16.2. The summed E-state index contributed by atoms with van der Waals surface area (Å²) in [7, 11) is 0. The van der Waals surface area contributed by atoms with Crippen molar-refractivity contribution in [3.05, 3.63) is 58.1 Å². The number of benzene rings is 2. The lowest BCUT2D eigenvalue weighted by Crippen LogP contribution is -2.30. The van der Waals surface area contributed by atoms with Gasteiger partial charge in [-0.1, -0.05) is 29.3 Å². The quantitative estimate of drug-likeness (QED) is 0.759. The number of carbonyl (C=O) groups excluding carboxylic acids is 2. The summed E-state index contributed by atoms with van der Waals surface area (Å²) >= 11 is 12.0. The fourth-order valence-corrected chi connectivity index (χ4v) is 3.41. The van der Waals surface area contributed by atoms with Crippen LogP contribution in [0.4, 0.5) is 5.69 Å². The van der Waals surface area contributed by atoms with E-state index in [-0.39, 0.29) is 18.4 Å². The van der Waals surface area contributed by atoms with Gasteiger partial charge in [0.05, 0.1) is 0 Å². The Balaban J connectivity index is 1.41. The average molecular weight is 407 g/mol. The highest BCUT2D eigenvalue weighted by atomic mass is 35.5. The summed E-state index contributed by atoms with van der Waals surface area (Å²) in [6, 6.07) is 12.5. The summed E-state index contributed by atoms with van der Waals surface area (Å²) < 4.78 is 5.50. The number of nitrogens with zero attached hydrogens (tertiary/aromatic N) is 1. The number of amides is 2. The normalized spacial score (nSPS) is 13.7. The van der Waals surface area contributed by atoms with Gasteiger partial charge in [-0.15, -0.1) is 0 Å². The average Bonchev–Trinajstić information content (AvgIpc) is 3.08. The summed E-state index contributed by atoms with van der Waals surface area (Å²) in [4.78, 5) is 25.4. The molecule has 0 spiro atoms. The topological polar surface area (TPSA) is 58.6 Å². The van der Waals surface area contributed by atoms with E-state index >= 15 is 0 Å². The van der Waals surface area contributed by atoms with E-state index in [1.54, 1.807) is 29.2 Å². The van der Waals surface area contributed by atoms with Gasteiger partial charge in [-0.2, -0.15) is 0 Å². The Morgan fingerprint density at radius 1 is 1.15 bits per heavy atom. The van der Waals surface area contributed by atoms with Gasteiger partial charge >= 0.3 is 0 Å². The van der Waals surface area contributed by atoms with Gasteiger partial charge < -0.3 is 15.0 Å². The number of halogens is 2. The minimum Gasteiger partial charge on any atom is -0.484 e. The fraction of sp³-hybridized carbons (Fsp3) is 0.300. The number of ether oxygens (including phenoxy) is 1. The van der Waals surface area contributed by atoms with Crippen LogP contribution in [0.2, 0.25) is 10.0 Å². The van der Waals surface area contributed by atoms with Gasteiger partial charge in [-0.05, 0) is 54.8 Å². The van der Waals surface area contributed by atoms with E-state index < -0.39 is 0 Å². The van der Waals surface area contributed by atoms with Gasteiger partial charge in [0, 0.05) is 35.2 Å². The predicted molar refractivity (Wildman–Crippen MR) is 107 cm³/mol. The second-order valence-corrected chi connectivity index (χ2v) is 7.11. The molecule has 2 aromatic carbocycles. The maximum Gasteiger partial charge on any atom is 0.257 e. The van der Waals surface area contributed by atoms with Crippen LogP contribution in [0, 0.1) is 0 Å². The van der Waals surface area contributed by atoms with E-state index in [1.165, 1.54) is 0 Å². The molecule has 1 fully saturated rings. The summed E-state index contributed by atoms with van der Waals surface area (Å²) in [6.45, 7) is 1.13. The van der Waals surface area contributed by atoms with E-state index in [0.717, 1.165) is 24.2 Å². The monoisotopic (exact) mass is 406 g/mol. The van der Waals surface area contributed by atoms with Crippen LogP contribution in [0.1, 0.15) is 18.4 Å². The molecule has 27 heavy (non-hydrogen) atoms. The molecule has 7 heteroatoms. The Bertz CT molecular complexity index is 824. The lowest BCUT2D eigenvalue weighted by atomic mass is 10.1. The van der Waals surface area contributed by atoms with Crippen LogP contribution in [-0.2, 0) is 16.0 Å². The zero-order valence-electron chi connectivity index (χ0n) is 14.7. The first kappa shape index (κ1) is 19.5. The zero-order chi connectivity index (χ0) is 19.2. The Morgan fingerprint density at radius 3 is 2.59 bits per heavy atom. The van der Waals surface area contributed by atoms with Gasteiger partial charge in [0.2, 0.25) is 5.91 Å². The molecule has 1 heterocycles. The van der Waals surface area contributed by atoms with Crippen molar-refractivity contribution < 1.29 is 14.3 Å². The van der Waals surface area contributed by atoms with Crippen molar-refractivity contribution in [2.45, 2.75) is 19.3 Å². The minimum atomic E-state index is -0.209. The van der Waals surface area contributed by atoms with E-state index in [9.17, 15) is 9.59 Å². The number of carbonyl (C=O) groups is 2. The van der Waals surface area contributed by atoms with E-state index in [1.807, 2.05) is 18.2 Å². The molecule has 3 rings (SSSR count). The predicted octanol–water partition coefficient (Wildman–Crippen LogP) is 3.86. The van der Waals surface area contributed by atoms with Crippen LogP contribution in [0.15, 0.2) is 42.5 Å². The number of nitrogens with one attached hydrogen (secondary N) is 1. The molecule has 0 aliphatic carbocycles. The number of hydrogen-bond donors (Lipinski definition) is 1. The second kappa shape index (κ2) is 9.11. The van der Waals surface area contributed by atoms with Crippen molar-refractivity contribution in [3.8, 4) is 5.75 Å². The van der Waals surface area contributed by atoms with Crippen molar-refractivity contribution in [3.63, 3.8) is 0 Å². The molecule has 1 aliphatic heterocycles. The van der Waals surface area contributed by atoms with Gasteiger partial charge in [0.15, 0.2) is 6.61 Å².